The third-order valence-corrected chi connectivity index (χ3v) is 4.63. The lowest BCUT2D eigenvalue weighted by Crippen LogP contribution is -2.39. The van der Waals surface area contributed by atoms with E-state index in [1.807, 2.05) is 36.2 Å². The second-order valence-corrected chi connectivity index (χ2v) is 6.03. The van der Waals surface area contributed by atoms with Crippen LogP contribution in [0.3, 0.4) is 0 Å². The summed E-state index contributed by atoms with van der Waals surface area (Å²) >= 11 is 7.36. The molecule has 0 atom stereocenters. The van der Waals surface area contributed by atoms with Gasteiger partial charge in [-0.25, -0.2) is 0 Å². The minimum absolute atomic E-state index is 0.0795. The van der Waals surface area contributed by atoms with Gasteiger partial charge in [-0.1, -0.05) is 23.4 Å². The van der Waals surface area contributed by atoms with Crippen molar-refractivity contribution in [3.05, 3.63) is 40.9 Å². The molecule has 0 N–H and O–H groups in total. The Kier molecular flexibility index (Phi) is 3.82. The van der Waals surface area contributed by atoms with Gasteiger partial charge in [-0.05, 0) is 24.3 Å². The first-order valence-corrected chi connectivity index (χ1v) is 7.75. The lowest BCUT2D eigenvalue weighted by atomic mass is 10.2. The zero-order chi connectivity index (χ0) is 15.0. The number of nitrogens with zero attached hydrogens (tertiary/aromatic N) is 3. The quantitative estimate of drug-likeness (QED) is 0.857. The summed E-state index contributed by atoms with van der Waals surface area (Å²) in [7, 11) is 3.51. The monoisotopic (exact) mass is 323 g/mol. The Labute approximate surface area is 132 Å². The smallest absolute Gasteiger partial charge is 0.239 e. The first-order chi connectivity index (χ1) is 10.1. The molecular formula is C14H14ClN3O2S. The molecule has 0 unspecified atom stereocenters. The predicted molar refractivity (Wildman–Crippen MR) is 85.5 cm³/mol. The van der Waals surface area contributed by atoms with Crippen LogP contribution < -0.4 is 4.90 Å². The second-order valence-electron chi connectivity index (χ2n) is 4.65. The van der Waals surface area contributed by atoms with E-state index < -0.39 is 0 Å². The maximum Gasteiger partial charge on any atom is 0.239 e. The van der Waals surface area contributed by atoms with E-state index in [1.165, 1.54) is 11.8 Å². The number of rotatable bonds is 3. The van der Waals surface area contributed by atoms with Gasteiger partial charge in [-0.3, -0.25) is 9.69 Å². The number of carbonyl (C=O) groups is 1. The standard InChI is InChI=1S/C14H14ClN3O2S/c1-17(10-5-3-9(15)4-6-10)11-7-18-12(19)8-21-14(18)16-13(11)20-2/h3-6H,7-8H2,1-2H3. The Hall–Kier alpha value is -1.66. The number of hydrogen-bond acceptors (Lipinski definition) is 5. The Morgan fingerprint density at radius 3 is 2.76 bits per heavy atom. The summed E-state index contributed by atoms with van der Waals surface area (Å²) in [5.41, 5.74) is 1.81. The van der Waals surface area contributed by atoms with Crippen molar-refractivity contribution in [3.8, 4) is 0 Å². The van der Waals surface area contributed by atoms with Gasteiger partial charge in [0.25, 0.3) is 0 Å². The highest BCUT2D eigenvalue weighted by Gasteiger charge is 2.34. The largest absolute Gasteiger partial charge is 0.480 e. The molecule has 7 heteroatoms. The van der Waals surface area contributed by atoms with Gasteiger partial charge in [0.15, 0.2) is 5.17 Å². The molecule has 1 aromatic carbocycles. The van der Waals surface area contributed by atoms with Crippen molar-refractivity contribution >= 4 is 40.1 Å². The first kappa shape index (κ1) is 14.3. The average Bonchev–Trinajstić information content (AvgIpc) is 2.86. The number of amidine groups is 1. The van der Waals surface area contributed by atoms with Gasteiger partial charge in [-0.2, -0.15) is 4.99 Å². The molecule has 1 saturated heterocycles. The molecule has 21 heavy (non-hydrogen) atoms. The summed E-state index contributed by atoms with van der Waals surface area (Å²) < 4.78 is 5.39. The van der Waals surface area contributed by atoms with Gasteiger partial charge in [0.1, 0.15) is 5.70 Å². The minimum Gasteiger partial charge on any atom is -0.480 e. The summed E-state index contributed by atoms with van der Waals surface area (Å²) in [6, 6.07) is 7.49. The van der Waals surface area contributed by atoms with Gasteiger partial charge >= 0.3 is 0 Å². The minimum atomic E-state index is 0.0795. The number of aliphatic imine (C=N–C) groups is 1. The molecule has 0 spiro atoms. The molecule has 1 amide bonds. The van der Waals surface area contributed by atoms with Crippen molar-refractivity contribution in [1.82, 2.24) is 4.90 Å². The van der Waals surface area contributed by atoms with Gasteiger partial charge in [0, 0.05) is 17.8 Å². The highest BCUT2D eigenvalue weighted by molar-refractivity contribution is 8.15. The van der Waals surface area contributed by atoms with Crippen molar-refractivity contribution < 1.29 is 9.53 Å². The summed E-state index contributed by atoms with van der Waals surface area (Å²) in [5, 5.41) is 1.40. The van der Waals surface area contributed by atoms with Crippen LogP contribution in [0.4, 0.5) is 5.69 Å². The molecule has 2 aliphatic rings. The maximum atomic E-state index is 11.9. The van der Waals surface area contributed by atoms with E-state index in [-0.39, 0.29) is 5.91 Å². The topological polar surface area (TPSA) is 45.1 Å². The number of carbonyl (C=O) groups excluding carboxylic acids is 1. The molecule has 0 saturated carbocycles. The molecule has 5 nitrogen and oxygen atoms in total. The zero-order valence-corrected chi connectivity index (χ0v) is 13.2. The van der Waals surface area contributed by atoms with E-state index in [0.717, 1.165) is 11.4 Å². The molecule has 0 bridgehead atoms. The number of amides is 1. The van der Waals surface area contributed by atoms with E-state index in [1.54, 1.807) is 12.0 Å². The highest BCUT2D eigenvalue weighted by atomic mass is 35.5. The van der Waals surface area contributed by atoms with E-state index >= 15 is 0 Å². The van der Waals surface area contributed by atoms with Crippen molar-refractivity contribution in [2.24, 2.45) is 4.99 Å². The fourth-order valence-electron chi connectivity index (χ4n) is 2.24. The van der Waals surface area contributed by atoms with Crippen LogP contribution in [-0.4, -0.2) is 42.4 Å². The predicted octanol–water partition coefficient (Wildman–Crippen LogP) is 2.54. The van der Waals surface area contributed by atoms with Crippen LogP contribution in [0.15, 0.2) is 40.8 Å². The normalized spacial score (nSPS) is 17.8. The van der Waals surface area contributed by atoms with E-state index in [2.05, 4.69) is 4.99 Å². The van der Waals surface area contributed by atoms with Crippen LogP contribution in [0.2, 0.25) is 5.02 Å². The Morgan fingerprint density at radius 2 is 2.10 bits per heavy atom. The number of thioether (sulfide) groups is 1. The summed E-state index contributed by atoms with van der Waals surface area (Å²) in [4.78, 5) is 20.0. The van der Waals surface area contributed by atoms with Crippen LogP contribution >= 0.6 is 23.4 Å². The fraction of sp³-hybridized carbons (Fsp3) is 0.286. The molecule has 1 aromatic rings. The summed E-state index contributed by atoms with van der Waals surface area (Å²) in [6.07, 6.45) is 0. The van der Waals surface area contributed by atoms with Crippen molar-refractivity contribution in [2.45, 2.75) is 0 Å². The van der Waals surface area contributed by atoms with E-state index in [0.29, 0.717) is 28.4 Å². The summed E-state index contributed by atoms with van der Waals surface area (Å²) in [5.74, 6) is 1.06. The van der Waals surface area contributed by atoms with Crippen molar-refractivity contribution in [3.63, 3.8) is 0 Å². The molecular weight excluding hydrogens is 310 g/mol. The van der Waals surface area contributed by atoms with Gasteiger partial charge in [0.2, 0.25) is 11.8 Å². The lowest BCUT2D eigenvalue weighted by Gasteiger charge is -2.30. The van der Waals surface area contributed by atoms with E-state index in [4.69, 9.17) is 16.3 Å². The number of hydrogen-bond donors (Lipinski definition) is 0. The number of ether oxygens (including phenoxy) is 1. The second kappa shape index (κ2) is 5.61. The number of likely N-dealkylation sites (N-methyl/N-ethyl adjacent to an activating group) is 1. The van der Waals surface area contributed by atoms with Crippen LogP contribution in [-0.2, 0) is 9.53 Å². The first-order valence-electron chi connectivity index (χ1n) is 6.38. The van der Waals surface area contributed by atoms with Crippen molar-refractivity contribution in [2.75, 3.05) is 31.4 Å². The van der Waals surface area contributed by atoms with Crippen LogP contribution in [0, 0.1) is 0 Å². The lowest BCUT2D eigenvalue weighted by molar-refractivity contribution is -0.123. The van der Waals surface area contributed by atoms with Crippen LogP contribution in [0.25, 0.3) is 0 Å². The number of anilines is 1. The molecule has 0 radical (unpaired) electrons. The average molecular weight is 324 g/mol. The van der Waals surface area contributed by atoms with Gasteiger partial charge < -0.3 is 9.64 Å². The third-order valence-electron chi connectivity index (χ3n) is 3.42. The number of benzene rings is 1. The molecule has 1 fully saturated rings. The Balaban J connectivity index is 1.95. The number of halogens is 1. The Bertz CT molecular complexity index is 642. The van der Waals surface area contributed by atoms with Crippen LogP contribution in [0.1, 0.15) is 0 Å². The molecule has 0 aromatic heterocycles. The number of methoxy groups -OCH3 is 1. The maximum absolute atomic E-state index is 11.9. The van der Waals surface area contributed by atoms with E-state index in [9.17, 15) is 4.79 Å². The Morgan fingerprint density at radius 1 is 1.38 bits per heavy atom. The SMILES string of the molecule is COC1=C(N(C)c2ccc(Cl)cc2)CN2C(=O)CSC2=N1. The molecule has 3 rings (SSSR count). The van der Waals surface area contributed by atoms with Crippen molar-refractivity contribution in [1.29, 1.82) is 0 Å². The molecule has 110 valence electrons. The molecule has 0 aliphatic carbocycles. The van der Waals surface area contributed by atoms with Crippen LogP contribution in [0.5, 0.6) is 0 Å². The molecule has 2 aliphatic heterocycles. The zero-order valence-electron chi connectivity index (χ0n) is 11.7. The number of fused-ring (bicyclic) bond motifs is 1. The fourth-order valence-corrected chi connectivity index (χ4v) is 3.24. The van der Waals surface area contributed by atoms with Gasteiger partial charge in [0.05, 0.1) is 19.4 Å². The molecule has 2 heterocycles. The summed E-state index contributed by atoms with van der Waals surface area (Å²) in [6.45, 7) is 0.465. The highest BCUT2D eigenvalue weighted by Crippen LogP contribution is 2.30. The van der Waals surface area contributed by atoms with Gasteiger partial charge in [-0.15, -0.1) is 0 Å². The third kappa shape index (κ3) is 2.61.